The van der Waals surface area contributed by atoms with Crippen LogP contribution < -0.4 is 17.0 Å². The van der Waals surface area contributed by atoms with E-state index in [4.69, 9.17) is 21.9 Å². The lowest BCUT2D eigenvalue weighted by Crippen LogP contribution is -2.26. The number of carbonyl (C=O) groups is 1. The van der Waals surface area contributed by atoms with Gasteiger partial charge in [-0.2, -0.15) is 5.26 Å². The predicted molar refractivity (Wildman–Crippen MR) is 100.0 cm³/mol. The molecule has 0 amide bonds. The van der Waals surface area contributed by atoms with E-state index in [0.29, 0.717) is 5.56 Å². The Kier molecular flexibility index (Phi) is 8.06. The van der Waals surface area contributed by atoms with Crippen molar-refractivity contribution in [3.63, 3.8) is 0 Å². The Morgan fingerprint density at radius 1 is 1.08 bits per heavy atom. The molecule has 25 heavy (non-hydrogen) atoms. The summed E-state index contributed by atoms with van der Waals surface area (Å²) in [6, 6.07) is 16.8. The second-order valence-electron chi connectivity index (χ2n) is 4.51. The number of nitrogens with zero attached hydrogens (tertiary/aromatic N) is 1. The van der Waals surface area contributed by atoms with Gasteiger partial charge in [0, 0.05) is 4.90 Å². The van der Waals surface area contributed by atoms with Crippen molar-refractivity contribution in [1.82, 2.24) is 5.43 Å². The summed E-state index contributed by atoms with van der Waals surface area (Å²) < 4.78 is 0. The molecule has 130 valence electrons. The van der Waals surface area contributed by atoms with Crippen LogP contribution in [0, 0.1) is 11.3 Å². The van der Waals surface area contributed by atoms with Crippen LogP contribution in [0.5, 0.6) is 0 Å². The molecule has 6 nitrogen and oxygen atoms in total. The van der Waals surface area contributed by atoms with Gasteiger partial charge in [0.15, 0.2) is 0 Å². The highest BCUT2D eigenvalue weighted by Crippen LogP contribution is 2.28. The number of thioether (sulfide) groups is 1. The Bertz CT molecular complexity index is 778. The molecule has 0 radical (unpaired) electrons. The minimum atomic E-state index is -1.24. The first-order chi connectivity index (χ1) is 12.0. The van der Waals surface area contributed by atoms with E-state index in [2.05, 4.69) is 11.5 Å². The summed E-state index contributed by atoms with van der Waals surface area (Å²) >= 11 is 1.13. The molecule has 0 fully saturated rings. The van der Waals surface area contributed by atoms with Gasteiger partial charge in [0.2, 0.25) is 0 Å². The van der Waals surface area contributed by atoms with E-state index in [-0.39, 0.29) is 10.7 Å². The van der Waals surface area contributed by atoms with Crippen LogP contribution in [-0.2, 0) is 4.79 Å². The highest BCUT2D eigenvalue weighted by molar-refractivity contribution is 8.03. The second kappa shape index (κ2) is 10.0. The number of nitrogens with one attached hydrogen (secondary N) is 1. The van der Waals surface area contributed by atoms with Gasteiger partial charge in [-0.05, 0) is 35.4 Å². The normalized spacial score (nSPS) is 10.6. The first-order valence-corrected chi connectivity index (χ1v) is 8.35. The number of carboxylic acid groups (broad SMARTS) is 1. The van der Waals surface area contributed by atoms with E-state index >= 15 is 0 Å². The van der Waals surface area contributed by atoms with Crippen molar-refractivity contribution in [2.24, 2.45) is 11.6 Å². The zero-order valence-electron chi connectivity index (χ0n) is 14.0. The van der Waals surface area contributed by atoms with Gasteiger partial charge >= 0.3 is 5.97 Å². The number of benzene rings is 2. The zero-order chi connectivity index (χ0) is 18.8. The van der Waals surface area contributed by atoms with Gasteiger partial charge in [-0.25, -0.2) is 10.6 Å². The van der Waals surface area contributed by atoms with Crippen molar-refractivity contribution in [3.8, 4) is 17.2 Å². The largest absolute Gasteiger partial charge is 0.477 e. The summed E-state index contributed by atoms with van der Waals surface area (Å²) in [4.78, 5) is 11.7. The fourth-order valence-corrected chi connectivity index (χ4v) is 2.59. The number of hydrogen-bond acceptors (Lipinski definition) is 6. The van der Waals surface area contributed by atoms with Gasteiger partial charge in [-0.3, -0.25) is 0 Å². The lowest BCUT2D eigenvalue weighted by atomic mass is 10.0. The maximum atomic E-state index is 10.9. The molecule has 2 aromatic rings. The van der Waals surface area contributed by atoms with Crippen LogP contribution in [0.4, 0.5) is 0 Å². The van der Waals surface area contributed by atoms with Crippen LogP contribution in [0.2, 0.25) is 0 Å². The topological polar surface area (TPSA) is 125 Å². The van der Waals surface area contributed by atoms with Crippen molar-refractivity contribution in [2.75, 3.05) is 0 Å². The molecule has 0 unspecified atom stereocenters. The van der Waals surface area contributed by atoms with E-state index in [1.807, 2.05) is 50.2 Å². The first kappa shape index (κ1) is 20.1. The van der Waals surface area contributed by atoms with E-state index in [1.165, 1.54) is 0 Å². The first-order valence-electron chi connectivity index (χ1n) is 7.53. The van der Waals surface area contributed by atoms with Gasteiger partial charge in [0.05, 0.1) is 11.6 Å². The molecule has 0 heterocycles. The second-order valence-corrected chi connectivity index (χ2v) is 5.59. The maximum Gasteiger partial charge on any atom is 0.354 e. The van der Waals surface area contributed by atoms with Crippen LogP contribution >= 0.6 is 11.8 Å². The van der Waals surface area contributed by atoms with Crippen molar-refractivity contribution >= 4 is 17.7 Å². The number of nitriles is 1. The van der Waals surface area contributed by atoms with E-state index < -0.39 is 5.97 Å². The van der Waals surface area contributed by atoms with Gasteiger partial charge in [0.25, 0.3) is 0 Å². The average Bonchev–Trinajstić information content (AvgIpc) is 2.67. The fourth-order valence-electron chi connectivity index (χ4n) is 1.83. The molecular weight excluding hydrogens is 336 g/mol. The summed E-state index contributed by atoms with van der Waals surface area (Å²) in [5, 5.41) is 17.9. The number of hydrazine groups is 1. The molecule has 0 bridgehead atoms. The minimum absolute atomic E-state index is 0.170. The molecular formula is C18H20N4O2S. The summed E-state index contributed by atoms with van der Waals surface area (Å²) in [5.41, 5.74) is 9.99. The molecule has 2 aromatic carbocycles. The third-order valence-corrected chi connectivity index (χ3v) is 4.08. The SMILES string of the molecule is CC.N#Cc1ccc(-c2ccc(S/C(NN)=C(/N)C(=O)O)cc2)cc1. The molecule has 0 atom stereocenters. The standard InChI is InChI=1S/C16H14N4O2S.C2H6/c17-9-10-1-3-11(4-2-10)12-5-7-13(8-6-12)23-15(20-19)14(18)16(21)22;1-2/h1-8,20H,18-19H2,(H,21,22);1-2H3/b15-14+;. The quantitative estimate of drug-likeness (QED) is 0.281. The Hall–Kier alpha value is -2.95. The minimum Gasteiger partial charge on any atom is -0.477 e. The highest BCUT2D eigenvalue weighted by atomic mass is 32.2. The zero-order valence-corrected chi connectivity index (χ0v) is 14.8. The number of aliphatic carboxylic acids is 1. The molecule has 0 saturated carbocycles. The summed E-state index contributed by atoms with van der Waals surface area (Å²) in [5.74, 6) is 4.07. The van der Waals surface area contributed by atoms with Crippen molar-refractivity contribution in [2.45, 2.75) is 18.7 Å². The average molecular weight is 356 g/mol. The molecule has 0 aromatic heterocycles. The molecule has 0 saturated heterocycles. The Balaban J connectivity index is 0.00000151. The number of hydrogen-bond donors (Lipinski definition) is 4. The Morgan fingerprint density at radius 3 is 1.96 bits per heavy atom. The van der Waals surface area contributed by atoms with Gasteiger partial charge in [-0.15, -0.1) is 0 Å². The van der Waals surface area contributed by atoms with Crippen LogP contribution in [-0.4, -0.2) is 11.1 Å². The molecule has 0 aliphatic rings. The van der Waals surface area contributed by atoms with Crippen molar-refractivity contribution in [3.05, 3.63) is 64.8 Å². The van der Waals surface area contributed by atoms with Crippen LogP contribution in [0.1, 0.15) is 19.4 Å². The van der Waals surface area contributed by atoms with Crippen molar-refractivity contribution in [1.29, 1.82) is 5.26 Å². The molecule has 6 N–H and O–H groups in total. The molecule has 0 aliphatic carbocycles. The Labute approximate surface area is 151 Å². The lowest BCUT2D eigenvalue weighted by molar-refractivity contribution is -0.132. The lowest BCUT2D eigenvalue weighted by Gasteiger charge is -2.09. The molecule has 0 spiro atoms. The van der Waals surface area contributed by atoms with Crippen LogP contribution in [0.3, 0.4) is 0 Å². The third-order valence-electron chi connectivity index (χ3n) is 3.03. The molecule has 0 aliphatic heterocycles. The highest BCUT2D eigenvalue weighted by Gasteiger charge is 2.11. The summed E-state index contributed by atoms with van der Waals surface area (Å²) in [6.45, 7) is 4.00. The third kappa shape index (κ3) is 5.57. The monoisotopic (exact) mass is 356 g/mol. The number of nitrogens with two attached hydrogens (primary N) is 2. The smallest absolute Gasteiger partial charge is 0.354 e. The van der Waals surface area contributed by atoms with Gasteiger partial charge < -0.3 is 16.3 Å². The van der Waals surface area contributed by atoms with Crippen LogP contribution in [0.15, 0.2) is 64.2 Å². The van der Waals surface area contributed by atoms with E-state index in [0.717, 1.165) is 27.8 Å². The van der Waals surface area contributed by atoms with Gasteiger partial charge in [-0.1, -0.05) is 49.9 Å². The molecule has 7 heteroatoms. The summed E-state index contributed by atoms with van der Waals surface area (Å²) in [7, 11) is 0. The fraction of sp³-hybridized carbons (Fsp3) is 0.111. The maximum absolute atomic E-state index is 10.9. The predicted octanol–water partition coefficient (Wildman–Crippen LogP) is 3.02. The Morgan fingerprint density at radius 2 is 1.56 bits per heavy atom. The van der Waals surface area contributed by atoms with E-state index in [9.17, 15) is 4.79 Å². The number of carboxylic acids is 1. The molecule has 2 rings (SSSR count). The van der Waals surface area contributed by atoms with E-state index in [1.54, 1.807) is 12.1 Å². The van der Waals surface area contributed by atoms with Crippen LogP contribution in [0.25, 0.3) is 11.1 Å². The van der Waals surface area contributed by atoms with Crippen molar-refractivity contribution < 1.29 is 9.90 Å². The summed E-state index contributed by atoms with van der Waals surface area (Å²) in [6.07, 6.45) is 0. The number of rotatable bonds is 5. The van der Waals surface area contributed by atoms with Gasteiger partial charge in [0.1, 0.15) is 10.7 Å².